The van der Waals surface area contributed by atoms with E-state index in [1.165, 1.54) is 16.6 Å². The van der Waals surface area contributed by atoms with Crippen LogP contribution < -0.4 is 0 Å². The van der Waals surface area contributed by atoms with E-state index in [1.54, 1.807) is 0 Å². The summed E-state index contributed by atoms with van der Waals surface area (Å²) in [6, 6.07) is 10.9. The molecule has 1 saturated heterocycles. The van der Waals surface area contributed by atoms with E-state index in [-0.39, 0.29) is 12.1 Å². The van der Waals surface area contributed by atoms with Crippen molar-refractivity contribution in [2.75, 3.05) is 6.54 Å². The van der Waals surface area contributed by atoms with E-state index in [0.29, 0.717) is 5.25 Å². The van der Waals surface area contributed by atoms with Gasteiger partial charge in [-0.2, -0.15) is 0 Å². The van der Waals surface area contributed by atoms with Crippen LogP contribution in [0.5, 0.6) is 0 Å². The normalized spacial score (nSPS) is 27.1. The van der Waals surface area contributed by atoms with Gasteiger partial charge in [0.1, 0.15) is 6.04 Å². The highest BCUT2D eigenvalue weighted by Gasteiger charge is 2.44. The minimum absolute atomic E-state index is 0.0872. The second-order valence-electron chi connectivity index (χ2n) is 6.10. The highest BCUT2D eigenvalue weighted by molar-refractivity contribution is 8.14. The first-order valence-electron chi connectivity index (χ1n) is 7.69. The van der Waals surface area contributed by atoms with E-state index < -0.39 is 0 Å². The Bertz CT molecular complexity index is 722. The largest absolute Gasteiger partial charge is 0.350 e. The Kier molecular flexibility index (Phi) is 3.26. The Morgan fingerprint density at radius 3 is 2.77 bits per heavy atom. The van der Waals surface area contributed by atoms with Crippen molar-refractivity contribution in [2.24, 2.45) is 12.0 Å². The van der Waals surface area contributed by atoms with E-state index in [4.69, 9.17) is 4.99 Å². The smallest absolute Gasteiger partial charge is 0.160 e. The van der Waals surface area contributed by atoms with E-state index in [1.807, 2.05) is 24.0 Å². The van der Waals surface area contributed by atoms with Gasteiger partial charge < -0.3 is 9.47 Å². The van der Waals surface area contributed by atoms with Gasteiger partial charge in [0, 0.05) is 36.4 Å². The summed E-state index contributed by atoms with van der Waals surface area (Å²) >= 11 is 1.88. The van der Waals surface area contributed by atoms with Crippen molar-refractivity contribution >= 4 is 16.9 Å². The van der Waals surface area contributed by atoms with Crippen LogP contribution in [0.3, 0.4) is 0 Å². The number of aryl methyl sites for hydroxylation is 1. The number of aromatic nitrogens is 2. The van der Waals surface area contributed by atoms with Crippen molar-refractivity contribution in [2.45, 2.75) is 31.2 Å². The number of fused-ring (bicyclic) bond motifs is 1. The van der Waals surface area contributed by atoms with Gasteiger partial charge >= 0.3 is 0 Å². The van der Waals surface area contributed by atoms with Crippen LogP contribution in [0, 0.1) is 6.92 Å². The molecule has 0 spiro atoms. The van der Waals surface area contributed by atoms with Crippen LogP contribution in [0.2, 0.25) is 0 Å². The van der Waals surface area contributed by atoms with Gasteiger partial charge in [-0.1, -0.05) is 24.8 Å². The average Bonchev–Trinajstić information content (AvgIpc) is 3.14. The topological polar surface area (TPSA) is 33.4 Å². The highest BCUT2D eigenvalue weighted by Crippen LogP contribution is 2.47. The molecule has 1 fully saturated rings. The third-order valence-electron chi connectivity index (χ3n) is 4.60. The van der Waals surface area contributed by atoms with E-state index >= 15 is 0 Å². The van der Waals surface area contributed by atoms with Gasteiger partial charge in [0.15, 0.2) is 5.17 Å². The molecule has 0 aliphatic carbocycles. The Morgan fingerprint density at radius 2 is 2.09 bits per heavy atom. The summed E-state index contributed by atoms with van der Waals surface area (Å²) in [4.78, 5) is 12.0. The molecule has 114 valence electrons. The van der Waals surface area contributed by atoms with Crippen LogP contribution in [0.15, 0.2) is 41.5 Å². The fourth-order valence-electron chi connectivity index (χ4n) is 3.37. The molecular formula is C17H20N4S. The molecule has 2 aromatic heterocycles. The number of thioether (sulfide) groups is 1. The molecule has 4 rings (SSSR count). The molecule has 0 bridgehead atoms. The first kappa shape index (κ1) is 13.9. The predicted molar refractivity (Wildman–Crippen MR) is 91.1 cm³/mol. The molecule has 2 aliphatic heterocycles. The molecule has 0 unspecified atom stereocenters. The van der Waals surface area contributed by atoms with E-state index in [9.17, 15) is 0 Å². The summed E-state index contributed by atoms with van der Waals surface area (Å²) in [6.45, 7) is 5.48. The van der Waals surface area contributed by atoms with Crippen LogP contribution in [0.1, 0.15) is 36.1 Å². The first-order valence-corrected chi connectivity index (χ1v) is 8.57. The maximum atomic E-state index is 5.01. The number of amidine groups is 1. The minimum Gasteiger partial charge on any atom is -0.350 e. The zero-order valence-corrected chi connectivity index (χ0v) is 13.9. The number of hydrogen-bond donors (Lipinski definition) is 0. The SMILES string of the molecule is Cc1ccc([C@@H]2[C@H](c3ccccn3)N=C3S[C@@H](C)CN32)n1C. The Balaban J connectivity index is 1.80. The second kappa shape index (κ2) is 5.16. The van der Waals surface area contributed by atoms with Gasteiger partial charge in [0.25, 0.3) is 0 Å². The molecule has 22 heavy (non-hydrogen) atoms. The molecule has 2 aliphatic rings. The van der Waals surface area contributed by atoms with Gasteiger partial charge in [0.05, 0.1) is 11.7 Å². The number of nitrogens with zero attached hydrogens (tertiary/aromatic N) is 4. The Hall–Kier alpha value is -1.75. The van der Waals surface area contributed by atoms with E-state index in [0.717, 1.165) is 12.2 Å². The highest BCUT2D eigenvalue weighted by atomic mass is 32.2. The lowest BCUT2D eigenvalue weighted by Crippen LogP contribution is -2.30. The number of hydrogen-bond acceptors (Lipinski definition) is 4. The molecule has 4 nitrogen and oxygen atoms in total. The maximum Gasteiger partial charge on any atom is 0.160 e. The van der Waals surface area contributed by atoms with Crippen LogP contribution in [0.25, 0.3) is 0 Å². The summed E-state index contributed by atoms with van der Waals surface area (Å²) in [6.07, 6.45) is 1.86. The summed E-state index contributed by atoms with van der Waals surface area (Å²) in [5.41, 5.74) is 3.66. The third-order valence-corrected chi connectivity index (χ3v) is 5.70. The Labute approximate surface area is 135 Å². The van der Waals surface area contributed by atoms with Crippen molar-refractivity contribution in [3.63, 3.8) is 0 Å². The van der Waals surface area contributed by atoms with Crippen LogP contribution in [-0.4, -0.2) is 31.4 Å². The fraction of sp³-hybridized carbons (Fsp3) is 0.412. The lowest BCUT2D eigenvalue weighted by molar-refractivity contribution is 0.309. The molecule has 0 amide bonds. The van der Waals surface area contributed by atoms with Crippen molar-refractivity contribution < 1.29 is 0 Å². The Morgan fingerprint density at radius 1 is 1.23 bits per heavy atom. The fourth-order valence-corrected chi connectivity index (χ4v) is 4.46. The third kappa shape index (κ3) is 2.07. The quantitative estimate of drug-likeness (QED) is 0.853. The zero-order valence-electron chi connectivity index (χ0n) is 13.1. The van der Waals surface area contributed by atoms with E-state index in [2.05, 4.69) is 59.6 Å². The van der Waals surface area contributed by atoms with Gasteiger partial charge in [-0.3, -0.25) is 9.98 Å². The molecule has 0 aromatic carbocycles. The molecular weight excluding hydrogens is 292 g/mol. The molecule has 5 heteroatoms. The lowest BCUT2D eigenvalue weighted by Gasteiger charge is -2.27. The summed E-state index contributed by atoms with van der Waals surface area (Å²) in [5, 5.41) is 1.78. The summed E-state index contributed by atoms with van der Waals surface area (Å²) in [7, 11) is 2.14. The zero-order chi connectivity index (χ0) is 15.3. The van der Waals surface area contributed by atoms with Crippen molar-refractivity contribution in [1.29, 1.82) is 0 Å². The standard InChI is InChI=1S/C17H20N4S/c1-11-7-8-14(20(11)3)16-15(13-6-4-5-9-18-13)19-17-21(16)10-12(2)22-17/h4-9,12,15-16H,10H2,1-3H3/t12-,15-,16+/m0/s1. The maximum absolute atomic E-state index is 5.01. The molecule has 0 saturated carbocycles. The van der Waals surface area contributed by atoms with Gasteiger partial charge in [-0.15, -0.1) is 0 Å². The van der Waals surface area contributed by atoms with Crippen molar-refractivity contribution in [3.8, 4) is 0 Å². The van der Waals surface area contributed by atoms with Crippen LogP contribution in [-0.2, 0) is 7.05 Å². The predicted octanol–water partition coefficient (Wildman–Crippen LogP) is 3.32. The van der Waals surface area contributed by atoms with Crippen molar-refractivity contribution in [3.05, 3.63) is 53.6 Å². The molecule has 4 heterocycles. The molecule has 0 N–H and O–H groups in total. The summed E-state index contributed by atoms with van der Waals surface area (Å²) < 4.78 is 2.28. The second-order valence-corrected chi connectivity index (χ2v) is 7.50. The number of rotatable bonds is 2. The van der Waals surface area contributed by atoms with Gasteiger partial charge in [-0.25, -0.2) is 0 Å². The number of aliphatic imine (C=N–C) groups is 1. The average molecular weight is 312 g/mol. The molecule has 3 atom stereocenters. The monoisotopic (exact) mass is 312 g/mol. The van der Waals surface area contributed by atoms with Crippen molar-refractivity contribution in [1.82, 2.24) is 14.5 Å². The minimum atomic E-state index is 0.0872. The van der Waals surface area contributed by atoms with Gasteiger partial charge in [0.2, 0.25) is 0 Å². The first-order chi connectivity index (χ1) is 10.6. The lowest BCUT2D eigenvalue weighted by atomic mass is 10.0. The van der Waals surface area contributed by atoms with Gasteiger partial charge in [-0.05, 0) is 31.2 Å². The van der Waals surface area contributed by atoms with Crippen LogP contribution >= 0.6 is 11.8 Å². The molecule has 2 aromatic rings. The summed E-state index contributed by atoms with van der Waals surface area (Å²) in [5.74, 6) is 0. The van der Waals surface area contributed by atoms with Crippen LogP contribution in [0.4, 0.5) is 0 Å². The molecule has 0 radical (unpaired) electrons. The number of pyridine rings is 1.